The van der Waals surface area contributed by atoms with Gasteiger partial charge in [-0.2, -0.15) is 4.68 Å². The summed E-state index contributed by atoms with van der Waals surface area (Å²) in [6.45, 7) is 1.97. The third kappa shape index (κ3) is 1.95. The van der Waals surface area contributed by atoms with E-state index in [0.717, 1.165) is 11.3 Å². The van der Waals surface area contributed by atoms with E-state index >= 15 is 0 Å². The van der Waals surface area contributed by atoms with Gasteiger partial charge in [0.1, 0.15) is 0 Å². The molecule has 0 aliphatic rings. The molecule has 0 saturated carbocycles. The first kappa shape index (κ1) is 10.4. The van der Waals surface area contributed by atoms with Crippen LogP contribution in [0.25, 0.3) is 5.69 Å². The molecule has 0 unspecified atom stereocenters. The number of methoxy groups -OCH3 is 1. The molecule has 4 nitrogen and oxygen atoms in total. The Morgan fingerprint density at radius 3 is 2.75 bits per heavy atom. The highest BCUT2D eigenvalue weighted by Crippen LogP contribution is 2.08. The van der Waals surface area contributed by atoms with Crippen molar-refractivity contribution in [3.63, 3.8) is 0 Å². The van der Waals surface area contributed by atoms with E-state index in [2.05, 4.69) is 5.10 Å². The number of rotatable bonds is 2. The summed E-state index contributed by atoms with van der Waals surface area (Å²) in [6, 6.07) is 10.6. The van der Waals surface area contributed by atoms with Gasteiger partial charge in [0.15, 0.2) is 0 Å². The Labute approximate surface area is 93.1 Å². The van der Waals surface area contributed by atoms with Crippen molar-refractivity contribution < 1.29 is 4.74 Å². The first-order valence-corrected chi connectivity index (χ1v) is 4.92. The van der Waals surface area contributed by atoms with Crippen molar-refractivity contribution in [2.75, 3.05) is 7.11 Å². The lowest BCUT2D eigenvalue weighted by Crippen LogP contribution is -2.20. The number of aromatic nitrogens is 2. The Morgan fingerprint density at radius 2 is 2.06 bits per heavy atom. The van der Waals surface area contributed by atoms with Crippen molar-refractivity contribution >= 4 is 0 Å². The largest absolute Gasteiger partial charge is 0.480 e. The van der Waals surface area contributed by atoms with Gasteiger partial charge < -0.3 is 4.74 Å². The van der Waals surface area contributed by atoms with E-state index < -0.39 is 0 Å². The average Bonchev–Trinajstić information content (AvgIpc) is 2.30. The lowest BCUT2D eigenvalue weighted by atomic mass is 10.2. The Bertz CT molecular complexity index is 561. The highest BCUT2D eigenvalue weighted by atomic mass is 16.5. The molecule has 0 saturated heterocycles. The van der Waals surface area contributed by atoms with Gasteiger partial charge in [-0.3, -0.25) is 4.79 Å². The SMILES string of the molecule is COc1ccc(=O)n(-c2cccc(C)c2)n1. The summed E-state index contributed by atoms with van der Waals surface area (Å²) in [5.74, 6) is 0.418. The minimum absolute atomic E-state index is 0.175. The second kappa shape index (κ2) is 4.18. The lowest BCUT2D eigenvalue weighted by molar-refractivity contribution is 0.386. The molecule has 0 atom stereocenters. The van der Waals surface area contributed by atoms with Crippen LogP contribution in [0.4, 0.5) is 0 Å². The maximum atomic E-state index is 11.6. The molecule has 1 aromatic heterocycles. The molecule has 0 N–H and O–H groups in total. The van der Waals surface area contributed by atoms with E-state index in [4.69, 9.17) is 4.74 Å². The first-order chi connectivity index (χ1) is 7.70. The van der Waals surface area contributed by atoms with Crippen molar-refractivity contribution in [2.24, 2.45) is 0 Å². The third-order valence-corrected chi connectivity index (χ3v) is 2.23. The van der Waals surface area contributed by atoms with Crippen LogP contribution in [0.5, 0.6) is 5.88 Å². The van der Waals surface area contributed by atoms with Crippen LogP contribution in [0.1, 0.15) is 5.56 Å². The molecular weight excluding hydrogens is 204 g/mol. The van der Waals surface area contributed by atoms with E-state index in [1.807, 2.05) is 31.2 Å². The number of aryl methyl sites for hydroxylation is 1. The summed E-state index contributed by atoms with van der Waals surface area (Å²) in [5.41, 5.74) is 1.64. The average molecular weight is 216 g/mol. The van der Waals surface area contributed by atoms with Crippen molar-refractivity contribution in [1.82, 2.24) is 9.78 Å². The smallest absolute Gasteiger partial charge is 0.271 e. The molecule has 0 aliphatic carbocycles. The van der Waals surface area contributed by atoms with Crippen molar-refractivity contribution in [1.29, 1.82) is 0 Å². The van der Waals surface area contributed by atoms with Crippen LogP contribution in [0.15, 0.2) is 41.2 Å². The number of benzene rings is 1. The van der Waals surface area contributed by atoms with Crippen LogP contribution in [0.3, 0.4) is 0 Å². The van der Waals surface area contributed by atoms with E-state index in [9.17, 15) is 4.79 Å². The second-order valence-corrected chi connectivity index (χ2v) is 3.46. The standard InChI is InChI=1S/C12H12N2O2/c1-9-4-3-5-10(8-9)14-12(15)7-6-11(13-14)16-2/h3-8H,1-2H3. The van der Waals surface area contributed by atoms with Crippen LogP contribution in [0.2, 0.25) is 0 Å². The predicted molar refractivity (Wildman–Crippen MR) is 61.1 cm³/mol. The Balaban J connectivity index is 2.59. The molecule has 0 bridgehead atoms. The van der Waals surface area contributed by atoms with E-state index in [1.54, 1.807) is 6.07 Å². The predicted octanol–water partition coefficient (Wildman–Crippen LogP) is 1.55. The van der Waals surface area contributed by atoms with Crippen LogP contribution in [-0.4, -0.2) is 16.9 Å². The highest BCUT2D eigenvalue weighted by Gasteiger charge is 2.02. The maximum absolute atomic E-state index is 11.6. The van der Waals surface area contributed by atoms with Crippen molar-refractivity contribution in [3.05, 3.63) is 52.3 Å². The van der Waals surface area contributed by atoms with Crippen LogP contribution in [-0.2, 0) is 0 Å². The molecule has 2 aromatic rings. The number of hydrogen-bond acceptors (Lipinski definition) is 3. The molecular formula is C12H12N2O2. The molecule has 0 fully saturated rings. The molecule has 1 aromatic carbocycles. The van der Waals surface area contributed by atoms with E-state index in [-0.39, 0.29) is 5.56 Å². The zero-order valence-corrected chi connectivity index (χ0v) is 9.18. The molecule has 0 aliphatic heterocycles. The van der Waals surface area contributed by atoms with Crippen LogP contribution in [0, 0.1) is 6.92 Å². The zero-order valence-electron chi connectivity index (χ0n) is 9.18. The number of ether oxygens (including phenoxy) is 1. The second-order valence-electron chi connectivity index (χ2n) is 3.46. The molecule has 0 amide bonds. The molecule has 4 heteroatoms. The van der Waals surface area contributed by atoms with Gasteiger partial charge in [-0.15, -0.1) is 5.10 Å². The summed E-state index contributed by atoms with van der Waals surface area (Å²) in [7, 11) is 1.52. The van der Waals surface area contributed by atoms with Gasteiger partial charge in [0.05, 0.1) is 12.8 Å². The lowest BCUT2D eigenvalue weighted by Gasteiger charge is -2.06. The topological polar surface area (TPSA) is 44.1 Å². The molecule has 0 radical (unpaired) electrons. The van der Waals surface area contributed by atoms with Crippen molar-refractivity contribution in [3.8, 4) is 11.6 Å². The Morgan fingerprint density at radius 1 is 1.25 bits per heavy atom. The van der Waals surface area contributed by atoms with Gasteiger partial charge in [0.25, 0.3) is 5.56 Å². The fraction of sp³-hybridized carbons (Fsp3) is 0.167. The van der Waals surface area contributed by atoms with E-state index in [1.165, 1.54) is 17.9 Å². The molecule has 2 rings (SSSR count). The summed E-state index contributed by atoms with van der Waals surface area (Å²) < 4.78 is 6.32. The number of nitrogens with zero attached hydrogens (tertiary/aromatic N) is 2. The summed E-state index contributed by atoms with van der Waals surface area (Å²) in [4.78, 5) is 11.6. The first-order valence-electron chi connectivity index (χ1n) is 4.92. The quantitative estimate of drug-likeness (QED) is 0.765. The zero-order chi connectivity index (χ0) is 11.5. The van der Waals surface area contributed by atoms with Crippen LogP contribution < -0.4 is 10.3 Å². The Kier molecular flexibility index (Phi) is 2.72. The summed E-state index contributed by atoms with van der Waals surface area (Å²) >= 11 is 0. The van der Waals surface area contributed by atoms with Gasteiger partial charge in [-0.25, -0.2) is 0 Å². The highest BCUT2D eigenvalue weighted by molar-refractivity contribution is 5.34. The monoisotopic (exact) mass is 216 g/mol. The van der Waals surface area contributed by atoms with Gasteiger partial charge in [-0.1, -0.05) is 12.1 Å². The van der Waals surface area contributed by atoms with Gasteiger partial charge in [0, 0.05) is 12.1 Å². The fourth-order valence-electron chi connectivity index (χ4n) is 1.45. The van der Waals surface area contributed by atoms with Gasteiger partial charge >= 0.3 is 0 Å². The minimum Gasteiger partial charge on any atom is -0.480 e. The Hall–Kier alpha value is -2.10. The normalized spacial score (nSPS) is 10.1. The molecule has 16 heavy (non-hydrogen) atoms. The molecule has 1 heterocycles. The van der Waals surface area contributed by atoms with Crippen molar-refractivity contribution in [2.45, 2.75) is 6.92 Å². The van der Waals surface area contributed by atoms with Crippen LogP contribution >= 0.6 is 0 Å². The minimum atomic E-state index is -0.175. The fourth-order valence-corrected chi connectivity index (χ4v) is 1.45. The van der Waals surface area contributed by atoms with E-state index in [0.29, 0.717) is 5.88 Å². The molecule has 82 valence electrons. The summed E-state index contributed by atoms with van der Waals surface area (Å²) in [6.07, 6.45) is 0. The molecule has 0 spiro atoms. The summed E-state index contributed by atoms with van der Waals surface area (Å²) in [5, 5.41) is 4.08. The number of hydrogen-bond donors (Lipinski definition) is 0. The third-order valence-electron chi connectivity index (χ3n) is 2.23. The van der Waals surface area contributed by atoms with Gasteiger partial charge in [0.2, 0.25) is 5.88 Å². The van der Waals surface area contributed by atoms with Gasteiger partial charge in [-0.05, 0) is 24.6 Å². The maximum Gasteiger partial charge on any atom is 0.271 e.